The smallest absolute Gasteiger partial charge is 0.329 e. The predicted molar refractivity (Wildman–Crippen MR) is 94.4 cm³/mol. The van der Waals surface area contributed by atoms with E-state index in [1.54, 1.807) is 24.3 Å². The van der Waals surface area contributed by atoms with E-state index < -0.39 is 16.7 Å². The summed E-state index contributed by atoms with van der Waals surface area (Å²) in [6.45, 7) is 4.21. The van der Waals surface area contributed by atoms with Crippen LogP contribution < -0.4 is 10.7 Å². The molecule has 26 heavy (non-hydrogen) atoms. The van der Waals surface area contributed by atoms with Gasteiger partial charge in [0.15, 0.2) is 0 Å². The van der Waals surface area contributed by atoms with Crippen molar-refractivity contribution in [1.82, 2.24) is 10.7 Å². The number of benzene rings is 1. The van der Waals surface area contributed by atoms with Gasteiger partial charge in [-0.05, 0) is 18.1 Å². The number of nitro benzene ring substituents is 1. The Morgan fingerprint density at radius 2 is 2.04 bits per heavy atom. The van der Waals surface area contributed by atoms with Crippen molar-refractivity contribution < 1.29 is 18.9 Å². The Morgan fingerprint density at radius 3 is 2.73 bits per heavy atom. The van der Waals surface area contributed by atoms with Gasteiger partial charge in [0.1, 0.15) is 11.5 Å². The molecule has 0 radical (unpaired) electrons. The number of nitro groups is 1. The first-order chi connectivity index (χ1) is 12.4. The lowest BCUT2D eigenvalue weighted by Gasteiger charge is -2.05. The molecule has 0 atom stereocenters. The van der Waals surface area contributed by atoms with Crippen molar-refractivity contribution in [3.63, 3.8) is 0 Å². The highest BCUT2D eigenvalue weighted by atomic mass is 16.6. The highest BCUT2D eigenvalue weighted by Gasteiger charge is 2.13. The standard InChI is InChI=1S/C17H18N4O5/c1-11(2)9-18-16(22)17(23)20-19-10-14-6-7-15(26-14)12-4-3-5-13(8-12)21(24)25/h3-8,10-11H,9H2,1-2H3,(H,18,22)(H,20,23)/b19-10+. The Labute approximate surface area is 149 Å². The second-order valence-corrected chi connectivity index (χ2v) is 5.81. The molecule has 0 fully saturated rings. The summed E-state index contributed by atoms with van der Waals surface area (Å²) < 4.78 is 5.50. The van der Waals surface area contributed by atoms with Crippen LogP contribution in [0.15, 0.2) is 45.9 Å². The number of hydrogen-bond donors (Lipinski definition) is 2. The number of rotatable bonds is 6. The molecule has 2 N–H and O–H groups in total. The second-order valence-electron chi connectivity index (χ2n) is 5.81. The van der Waals surface area contributed by atoms with E-state index in [4.69, 9.17) is 4.42 Å². The van der Waals surface area contributed by atoms with Crippen molar-refractivity contribution in [3.05, 3.63) is 52.3 Å². The van der Waals surface area contributed by atoms with Gasteiger partial charge in [-0.2, -0.15) is 5.10 Å². The molecule has 0 spiro atoms. The Hall–Kier alpha value is -3.49. The molecule has 0 aliphatic carbocycles. The highest BCUT2D eigenvalue weighted by Crippen LogP contribution is 2.25. The van der Waals surface area contributed by atoms with E-state index in [0.29, 0.717) is 23.6 Å². The number of hydrazone groups is 1. The maximum Gasteiger partial charge on any atom is 0.329 e. The lowest BCUT2D eigenvalue weighted by Crippen LogP contribution is -2.39. The van der Waals surface area contributed by atoms with E-state index in [2.05, 4.69) is 15.8 Å². The Kier molecular flexibility index (Phi) is 6.20. The number of amides is 2. The number of furan rings is 1. The maximum absolute atomic E-state index is 11.5. The largest absolute Gasteiger partial charge is 0.455 e. The zero-order valence-corrected chi connectivity index (χ0v) is 14.3. The second kappa shape index (κ2) is 8.56. The van der Waals surface area contributed by atoms with Crippen LogP contribution in [-0.4, -0.2) is 29.5 Å². The molecule has 2 amide bonds. The van der Waals surface area contributed by atoms with Crippen LogP contribution in [0.25, 0.3) is 11.3 Å². The van der Waals surface area contributed by atoms with E-state index >= 15 is 0 Å². The van der Waals surface area contributed by atoms with Crippen molar-refractivity contribution in [3.8, 4) is 11.3 Å². The molecular formula is C17H18N4O5. The Bertz CT molecular complexity index is 841. The third kappa shape index (κ3) is 5.26. The van der Waals surface area contributed by atoms with Crippen LogP contribution in [0.1, 0.15) is 19.6 Å². The van der Waals surface area contributed by atoms with Gasteiger partial charge < -0.3 is 9.73 Å². The first kappa shape index (κ1) is 18.8. The van der Waals surface area contributed by atoms with Crippen molar-refractivity contribution >= 4 is 23.7 Å². The highest BCUT2D eigenvalue weighted by molar-refractivity contribution is 6.35. The molecule has 1 aromatic heterocycles. The Balaban J connectivity index is 1.97. The van der Waals surface area contributed by atoms with Crippen LogP contribution in [-0.2, 0) is 9.59 Å². The summed E-state index contributed by atoms with van der Waals surface area (Å²) in [5.41, 5.74) is 2.59. The third-order valence-electron chi connectivity index (χ3n) is 3.20. The molecule has 9 nitrogen and oxygen atoms in total. The predicted octanol–water partition coefficient (Wildman–Crippen LogP) is 2.08. The summed E-state index contributed by atoms with van der Waals surface area (Å²) in [6, 6.07) is 9.21. The fraction of sp³-hybridized carbons (Fsp3) is 0.235. The van der Waals surface area contributed by atoms with Gasteiger partial charge in [-0.15, -0.1) is 0 Å². The van der Waals surface area contributed by atoms with E-state index in [-0.39, 0.29) is 11.6 Å². The average Bonchev–Trinajstić information content (AvgIpc) is 3.08. The minimum absolute atomic E-state index is 0.0474. The first-order valence-electron chi connectivity index (χ1n) is 7.82. The van der Waals surface area contributed by atoms with Crippen molar-refractivity contribution in [2.75, 3.05) is 6.54 Å². The number of nitrogens with one attached hydrogen (secondary N) is 2. The molecule has 0 saturated heterocycles. The summed E-state index contributed by atoms with van der Waals surface area (Å²) in [7, 11) is 0. The maximum atomic E-state index is 11.5. The lowest BCUT2D eigenvalue weighted by atomic mass is 10.1. The van der Waals surface area contributed by atoms with Crippen LogP contribution in [0.3, 0.4) is 0 Å². The normalized spacial score (nSPS) is 10.9. The Morgan fingerprint density at radius 1 is 1.27 bits per heavy atom. The quantitative estimate of drug-likeness (QED) is 0.354. The number of nitrogens with zero attached hydrogens (tertiary/aromatic N) is 2. The van der Waals surface area contributed by atoms with Crippen molar-refractivity contribution in [1.29, 1.82) is 0 Å². The van der Waals surface area contributed by atoms with Gasteiger partial charge in [-0.25, -0.2) is 5.43 Å². The minimum Gasteiger partial charge on any atom is -0.455 e. The number of carbonyl (C=O) groups excluding carboxylic acids is 2. The molecule has 2 rings (SSSR count). The monoisotopic (exact) mass is 358 g/mol. The van der Waals surface area contributed by atoms with Crippen molar-refractivity contribution in [2.45, 2.75) is 13.8 Å². The van der Waals surface area contributed by atoms with Crippen LogP contribution in [0.4, 0.5) is 5.69 Å². The molecule has 0 saturated carbocycles. The number of carbonyl (C=O) groups is 2. The van der Waals surface area contributed by atoms with Gasteiger partial charge in [0.05, 0.1) is 11.1 Å². The summed E-state index contributed by atoms with van der Waals surface area (Å²) in [5.74, 6) is -0.698. The topological polar surface area (TPSA) is 127 Å². The first-order valence-corrected chi connectivity index (χ1v) is 7.82. The molecule has 1 heterocycles. The van der Waals surface area contributed by atoms with Crippen molar-refractivity contribution in [2.24, 2.45) is 11.0 Å². The summed E-state index contributed by atoms with van der Waals surface area (Å²) >= 11 is 0. The van der Waals surface area contributed by atoms with Crippen LogP contribution in [0, 0.1) is 16.0 Å². The molecule has 1 aromatic carbocycles. The number of hydrogen-bond acceptors (Lipinski definition) is 6. The fourth-order valence-electron chi connectivity index (χ4n) is 1.93. The van der Waals surface area contributed by atoms with E-state index in [1.807, 2.05) is 13.8 Å². The zero-order chi connectivity index (χ0) is 19.1. The molecule has 136 valence electrons. The third-order valence-corrected chi connectivity index (χ3v) is 3.20. The number of non-ortho nitro benzene ring substituents is 1. The van der Waals surface area contributed by atoms with Gasteiger partial charge in [0.25, 0.3) is 5.69 Å². The summed E-state index contributed by atoms with van der Waals surface area (Å²) in [5, 5.41) is 16.9. The summed E-state index contributed by atoms with van der Waals surface area (Å²) in [6.07, 6.45) is 1.23. The molecule has 2 aromatic rings. The molecule has 9 heteroatoms. The fourth-order valence-corrected chi connectivity index (χ4v) is 1.93. The van der Waals surface area contributed by atoms with E-state index in [1.165, 1.54) is 18.3 Å². The summed E-state index contributed by atoms with van der Waals surface area (Å²) in [4.78, 5) is 33.4. The van der Waals surface area contributed by atoms with E-state index in [0.717, 1.165) is 0 Å². The van der Waals surface area contributed by atoms with Gasteiger partial charge >= 0.3 is 11.8 Å². The molecular weight excluding hydrogens is 340 g/mol. The van der Waals surface area contributed by atoms with Crippen LogP contribution >= 0.6 is 0 Å². The molecule has 0 aliphatic rings. The van der Waals surface area contributed by atoms with Gasteiger partial charge in [0.2, 0.25) is 0 Å². The zero-order valence-electron chi connectivity index (χ0n) is 14.3. The van der Waals surface area contributed by atoms with Gasteiger partial charge in [-0.1, -0.05) is 26.0 Å². The van der Waals surface area contributed by atoms with Gasteiger partial charge in [0, 0.05) is 24.2 Å². The lowest BCUT2D eigenvalue weighted by molar-refractivity contribution is -0.384. The van der Waals surface area contributed by atoms with Crippen LogP contribution in [0.2, 0.25) is 0 Å². The van der Waals surface area contributed by atoms with Gasteiger partial charge in [-0.3, -0.25) is 19.7 Å². The van der Waals surface area contributed by atoms with Crippen LogP contribution in [0.5, 0.6) is 0 Å². The molecule has 0 unspecified atom stereocenters. The molecule has 0 bridgehead atoms. The molecule has 0 aliphatic heterocycles. The average molecular weight is 358 g/mol. The van der Waals surface area contributed by atoms with E-state index in [9.17, 15) is 19.7 Å². The minimum atomic E-state index is -0.882. The SMILES string of the molecule is CC(C)CNC(=O)C(=O)N/N=C/c1ccc(-c2cccc([N+](=O)[O-])c2)o1.